The smallest absolute Gasteiger partial charge is 0.303 e. The molecule has 4 nitrogen and oxygen atoms in total. The molecule has 0 aromatic rings. The molecule has 0 aromatic carbocycles. The standard InChI is InChI=1S/C16H36N.C11H23NO2/c1-5-9-13-17(14-10-6-2,15-11-7-3)16-12-8-4;12-10-8-6-4-2-1-3-5-7-9-11(13)14/h5-16H2,1-4H3;1-10,12H2,(H,13,14)/q+1;. The zero-order valence-corrected chi connectivity index (χ0v) is 21.9. The van der Waals surface area contributed by atoms with E-state index in [-0.39, 0.29) is 0 Å². The van der Waals surface area contributed by atoms with Gasteiger partial charge in [0.2, 0.25) is 0 Å². The molecule has 0 spiro atoms. The van der Waals surface area contributed by atoms with Crippen molar-refractivity contribution in [2.45, 2.75) is 137 Å². The van der Waals surface area contributed by atoms with Crippen molar-refractivity contribution in [1.82, 2.24) is 0 Å². The lowest BCUT2D eigenvalue weighted by molar-refractivity contribution is -0.929. The Kier molecular flexibility index (Phi) is 26.9. The fraction of sp³-hybridized carbons (Fsp3) is 0.963. The first-order valence-corrected chi connectivity index (χ1v) is 13.8. The minimum absolute atomic E-state index is 0.327. The Balaban J connectivity index is 0. The Labute approximate surface area is 195 Å². The van der Waals surface area contributed by atoms with Crippen LogP contribution in [0, 0.1) is 0 Å². The number of aliphatic carboxylic acids is 1. The summed E-state index contributed by atoms with van der Waals surface area (Å²) in [5.41, 5.74) is 5.38. The zero-order chi connectivity index (χ0) is 23.6. The third kappa shape index (κ3) is 23.9. The molecule has 0 aromatic heterocycles. The zero-order valence-electron chi connectivity index (χ0n) is 21.9. The van der Waals surface area contributed by atoms with Gasteiger partial charge in [0.05, 0.1) is 26.2 Å². The number of nitrogens with two attached hydrogens (primary N) is 1. The van der Waals surface area contributed by atoms with Crippen LogP contribution in [-0.4, -0.2) is 48.3 Å². The largest absolute Gasteiger partial charge is 0.481 e. The van der Waals surface area contributed by atoms with Crippen LogP contribution in [0.2, 0.25) is 0 Å². The van der Waals surface area contributed by atoms with Crippen molar-refractivity contribution < 1.29 is 14.4 Å². The van der Waals surface area contributed by atoms with Crippen LogP contribution in [0.25, 0.3) is 0 Å². The average Bonchev–Trinajstić information content (AvgIpc) is 2.77. The molecule has 0 rings (SSSR count). The molecule has 0 bridgehead atoms. The van der Waals surface area contributed by atoms with Gasteiger partial charge in [0.1, 0.15) is 0 Å². The summed E-state index contributed by atoms with van der Waals surface area (Å²) in [6, 6.07) is 0. The predicted molar refractivity (Wildman–Crippen MR) is 138 cm³/mol. The van der Waals surface area contributed by atoms with Crippen LogP contribution in [0.5, 0.6) is 0 Å². The molecule has 188 valence electrons. The second-order valence-electron chi connectivity index (χ2n) is 9.41. The molecule has 0 amide bonds. The normalized spacial score (nSPS) is 11.3. The van der Waals surface area contributed by atoms with Crippen molar-refractivity contribution in [3.05, 3.63) is 0 Å². The van der Waals surface area contributed by atoms with E-state index in [0.29, 0.717) is 6.42 Å². The molecule has 0 aliphatic rings. The quantitative estimate of drug-likeness (QED) is 0.134. The number of carbonyl (C=O) groups is 1. The SMILES string of the molecule is CCCC[N+](CCCC)(CCCC)CCCC.NCCCCCCCCCCC(=O)O. The number of rotatable bonds is 22. The summed E-state index contributed by atoms with van der Waals surface area (Å²) in [6.45, 7) is 15.8. The number of nitrogens with zero attached hydrogens (tertiary/aromatic N) is 1. The molecule has 0 unspecified atom stereocenters. The molecular weight excluding hydrogens is 384 g/mol. The van der Waals surface area contributed by atoms with Gasteiger partial charge in [-0.15, -0.1) is 0 Å². The van der Waals surface area contributed by atoms with E-state index >= 15 is 0 Å². The molecule has 0 fully saturated rings. The molecule has 0 saturated carbocycles. The van der Waals surface area contributed by atoms with Crippen molar-refractivity contribution in [1.29, 1.82) is 0 Å². The predicted octanol–water partition coefficient (Wildman–Crippen LogP) is 7.54. The molecule has 0 atom stereocenters. The van der Waals surface area contributed by atoms with Gasteiger partial charge in [0.15, 0.2) is 0 Å². The fourth-order valence-electron chi connectivity index (χ4n) is 4.13. The van der Waals surface area contributed by atoms with Crippen LogP contribution in [0.3, 0.4) is 0 Å². The number of carboxylic acid groups (broad SMARTS) is 1. The van der Waals surface area contributed by atoms with E-state index in [1.807, 2.05) is 0 Å². The van der Waals surface area contributed by atoms with Gasteiger partial charge in [0.25, 0.3) is 0 Å². The summed E-state index contributed by atoms with van der Waals surface area (Å²) in [5.74, 6) is -0.673. The highest BCUT2D eigenvalue weighted by Crippen LogP contribution is 2.16. The van der Waals surface area contributed by atoms with E-state index in [9.17, 15) is 4.79 Å². The molecule has 4 heteroatoms. The van der Waals surface area contributed by atoms with Gasteiger partial charge in [-0.1, -0.05) is 91.9 Å². The lowest BCUT2D eigenvalue weighted by Crippen LogP contribution is -2.50. The lowest BCUT2D eigenvalue weighted by atomic mass is 10.1. The van der Waals surface area contributed by atoms with Gasteiger partial charge in [-0.25, -0.2) is 0 Å². The second kappa shape index (κ2) is 25.6. The van der Waals surface area contributed by atoms with Crippen LogP contribution in [0.4, 0.5) is 0 Å². The van der Waals surface area contributed by atoms with Crippen molar-refractivity contribution in [3.8, 4) is 0 Å². The first kappa shape index (κ1) is 32.6. The van der Waals surface area contributed by atoms with Gasteiger partial charge >= 0.3 is 5.97 Å². The summed E-state index contributed by atoms with van der Waals surface area (Å²) in [4.78, 5) is 10.2. The summed E-state index contributed by atoms with van der Waals surface area (Å²) >= 11 is 0. The van der Waals surface area contributed by atoms with E-state index in [0.717, 1.165) is 25.8 Å². The highest BCUT2D eigenvalue weighted by molar-refractivity contribution is 5.66. The summed E-state index contributed by atoms with van der Waals surface area (Å²) in [7, 11) is 0. The molecule has 31 heavy (non-hydrogen) atoms. The highest BCUT2D eigenvalue weighted by atomic mass is 16.4. The van der Waals surface area contributed by atoms with Gasteiger partial charge in [-0.05, 0) is 45.1 Å². The van der Waals surface area contributed by atoms with Crippen LogP contribution in [-0.2, 0) is 4.79 Å². The number of unbranched alkanes of at least 4 members (excludes halogenated alkanes) is 11. The minimum atomic E-state index is -0.673. The summed E-state index contributed by atoms with van der Waals surface area (Å²) in [6.07, 6.45) is 20.6. The van der Waals surface area contributed by atoms with Gasteiger partial charge in [0, 0.05) is 6.42 Å². The third-order valence-corrected chi connectivity index (χ3v) is 6.29. The van der Waals surface area contributed by atoms with Gasteiger partial charge < -0.3 is 15.3 Å². The highest BCUT2D eigenvalue weighted by Gasteiger charge is 2.24. The van der Waals surface area contributed by atoms with Crippen molar-refractivity contribution in [2.75, 3.05) is 32.7 Å². The number of hydrogen-bond acceptors (Lipinski definition) is 2. The van der Waals surface area contributed by atoms with Crippen LogP contribution in [0.15, 0.2) is 0 Å². The Morgan fingerprint density at radius 2 is 0.903 bits per heavy atom. The van der Waals surface area contributed by atoms with E-state index in [2.05, 4.69) is 27.7 Å². The van der Waals surface area contributed by atoms with Crippen LogP contribution in [0.1, 0.15) is 137 Å². The maximum absolute atomic E-state index is 10.2. The van der Waals surface area contributed by atoms with E-state index < -0.39 is 5.97 Å². The van der Waals surface area contributed by atoms with E-state index in [4.69, 9.17) is 10.8 Å². The van der Waals surface area contributed by atoms with E-state index in [1.165, 1.54) is 114 Å². The lowest BCUT2D eigenvalue weighted by Gasteiger charge is -2.39. The Morgan fingerprint density at radius 1 is 0.581 bits per heavy atom. The van der Waals surface area contributed by atoms with Crippen LogP contribution < -0.4 is 5.73 Å². The van der Waals surface area contributed by atoms with Crippen molar-refractivity contribution in [3.63, 3.8) is 0 Å². The molecule has 0 saturated heterocycles. The number of hydrogen-bond donors (Lipinski definition) is 2. The van der Waals surface area contributed by atoms with Crippen molar-refractivity contribution >= 4 is 5.97 Å². The molecule has 3 N–H and O–H groups in total. The van der Waals surface area contributed by atoms with Crippen molar-refractivity contribution in [2.24, 2.45) is 5.73 Å². The number of carboxylic acids is 1. The average molecular weight is 444 g/mol. The summed E-state index contributed by atoms with van der Waals surface area (Å²) < 4.78 is 1.42. The van der Waals surface area contributed by atoms with Gasteiger partial charge in [-0.2, -0.15) is 0 Å². The monoisotopic (exact) mass is 443 g/mol. The van der Waals surface area contributed by atoms with E-state index in [1.54, 1.807) is 0 Å². The Hall–Kier alpha value is -0.610. The third-order valence-electron chi connectivity index (χ3n) is 6.29. The topological polar surface area (TPSA) is 63.3 Å². The molecule has 0 aliphatic carbocycles. The van der Waals surface area contributed by atoms with Crippen LogP contribution >= 0.6 is 0 Å². The Morgan fingerprint density at radius 3 is 1.19 bits per heavy atom. The fourth-order valence-corrected chi connectivity index (χ4v) is 4.13. The Bertz CT molecular complexity index is 324. The van der Waals surface area contributed by atoms with Gasteiger partial charge in [-0.3, -0.25) is 4.79 Å². The maximum atomic E-state index is 10.2. The molecule has 0 aliphatic heterocycles. The number of quaternary nitrogens is 1. The maximum Gasteiger partial charge on any atom is 0.303 e. The molecule has 0 heterocycles. The minimum Gasteiger partial charge on any atom is -0.481 e. The first-order valence-electron chi connectivity index (χ1n) is 13.8. The second-order valence-corrected chi connectivity index (χ2v) is 9.41. The molecule has 0 radical (unpaired) electrons. The summed E-state index contributed by atoms with van der Waals surface area (Å²) in [5, 5.41) is 8.40. The molecular formula is C27H59N2O2+. The first-order chi connectivity index (χ1) is 15.0.